The number of rotatable bonds is 7. The maximum absolute atomic E-state index is 12.7. The predicted octanol–water partition coefficient (Wildman–Crippen LogP) is 3.33. The third-order valence-electron chi connectivity index (χ3n) is 4.32. The number of nitrogens with zero attached hydrogens (tertiary/aromatic N) is 2. The summed E-state index contributed by atoms with van der Waals surface area (Å²) in [5.74, 6) is 0.535. The fourth-order valence-electron chi connectivity index (χ4n) is 2.78. The molecule has 154 valence electrons. The van der Waals surface area contributed by atoms with Gasteiger partial charge in [0.05, 0.1) is 27.0 Å². The van der Waals surface area contributed by atoms with Crippen LogP contribution in [0, 0.1) is 0 Å². The number of pyridine rings is 1. The van der Waals surface area contributed by atoms with Crippen LogP contribution in [-0.4, -0.2) is 30.9 Å². The second kappa shape index (κ2) is 9.76. The number of carbonyl (C=O) groups excluding carboxylic acids is 1. The highest BCUT2D eigenvalue weighted by Gasteiger charge is 2.12. The zero-order chi connectivity index (χ0) is 21.5. The van der Waals surface area contributed by atoms with Crippen molar-refractivity contribution in [3.63, 3.8) is 0 Å². The fraction of sp³-hybridized carbons (Fsp3) is 0.136. The summed E-state index contributed by atoms with van der Waals surface area (Å²) in [5.41, 5.74) is 3.56. The molecule has 0 fully saturated rings. The number of hydrogen-bond donors (Lipinski definition) is 1. The van der Waals surface area contributed by atoms with Gasteiger partial charge in [0.1, 0.15) is 5.56 Å². The molecule has 30 heavy (non-hydrogen) atoms. The number of halogens is 1. The van der Waals surface area contributed by atoms with E-state index in [-0.39, 0.29) is 5.56 Å². The Morgan fingerprint density at radius 3 is 2.53 bits per heavy atom. The van der Waals surface area contributed by atoms with E-state index >= 15 is 0 Å². The Morgan fingerprint density at radius 2 is 1.83 bits per heavy atom. The van der Waals surface area contributed by atoms with E-state index in [1.165, 1.54) is 24.0 Å². The lowest BCUT2D eigenvalue weighted by molar-refractivity contribution is 0.0953. The minimum Gasteiger partial charge on any atom is -0.493 e. The molecule has 3 rings (SSSR count). The summed E-state index contributed by atoms with van der Waals surface area (Å²) in [7, 11) is 3.08. The first kappa shape index (κ1) is 21.1. The van der Waals surface area contributed by atoms with E-state index in [0.717, 1.165) is 5.56 Å². The van der Waals surface area contributed by atoms with E-state index < -0.39 is 11.5 Å². The summed E-state index contributed by atoms with van der Waals surface area (Å²) in [6, 6.07) is 15.5. The first-order valence-electron chi connectivity index (χ1n) is 9.01. The van der Waals surface area contributed by atoms with Crippen LogP contribution in [0.2, 0.25) is 5.02 Å². The molecule has 0 atom stereocenters. The number of hydrazone groups is 1. The standard InChI is InChI=1S/C22H20ClN3O4/c1-29-19-10-7-16(12-20(19)30-2)13-24-25-21(27)18-4-3-11-26(22(18)28)14-15-5-8-17(23)9-6-15/h3-13H,14H2,1-2H3,(H,25,27)/b24-13-. The van der Waals surface area contributed by atoms with E-state index in [2.05, 4.69) is 10.5 Å². The third-order valence-corrected chi connectivity index (χ3v) is 4.57. The molecule has 0 aliphatic rings. The number of benzene rings is 2. The smallest absolute Gasteiger partial charge is 0.276 e. The molecule has 0 unspecified atom stereocenters. The number of amides is 1. The molecule has 1 heterocycles. The highest BCUT2D eigenvalue weighted by atomic mass is 35.5. The van der Waals surface area contributed by atoms with Gasteiger partial charge in [-0.2, -0.15) is 5.10 Å². The molecule has 0 aliphatic heterocycles. The minimum atomic E-state index is -0.595. The quantitative estimate of drug-likeness (QED) is 0.465. The summed E-state index contributed by atoms with van der Waals surface area (Å²) in [6.07, 6.45) is 3.08. The lowest BCUT2D eigenvalue weighted by Crippen LogP contribution is -2.30. The Balaban J connectivity index is 1.72. The van der Waals surface area contributed by atoms with Crippen LogP contribution < -0.4 is 20.5 Å². The summed E-state index contributed by atoms with van der Waals surface area (Å²) in [4.78, 5) is 25.1. The van der Waals surface area contributed by atoms with E-state index in [1.807, 2.05) is 12.1 Å². The molecule has 0 bridgehead atoms. The van der Waals surface area contributed by atoms with Crippen LogP contribution in [0.3, 0.4) is 0 Å². The van der Waals surface area contributed by atoms with E-state index in [0.29, 0.717) is 28.6 Å². The molecule has 1 aromatic heterocycles. The van der Waals surface area contributed by atoms with Crippen LogP contribution in [0.25, 0.3) is 0 Å². The first-order valence-corrected chi connectivity index (χ1v) is 9.39. The molecule has 0 saturated heterocycles. The second-order valence-corrected chi connectivity index (χ2v) is 6.73. The number of hydrogen-bond acceptors (Lipinski definition) is 5. The van der Waals surface area contributed by atoms with Gasteiger partial charge in [-0.05, 0) is 53.6 Å². The van der Waals surface area contributed by atoms with Crippen LogP contribution >= 0.6 is 11.6 Å². The third kappa shape index (κ3) is 5.07. The zero-order valence-corrected chi connectivity index (χ0v) is 17.2. The number of carbonyl (C=O) groups is 1. The van der Waals surface area contributed by atoms with Crippen molar-refractivity contribution in [2.24, 2.45) is 5.10 Å². The van der Waals surface area contributed by atoms with Crippen molar-refractivity contribution < 1.29 is 14.3 Å². The molecule has 1 amide bonds. The van der Waals surface area contributed by atoms with Crippen LogP contribution in [0.1, 0.15) is 21.5 Å². The van der Waals surface area contributed by atoms with Crippen molar-refractivity contribution in [2.75, 3.05) is 14.2 Å². The summed E-state index contributed by atoms with van der Waals surface area (Å²) < 4.78 is 11.9. The van der Waals surface area contributed by atoms with Crippen molar-refractivity contribution in [1.82, 2.24) is 9.99 Å². The van der Waals surface area contributed by atoms with Crippen LogP contribution in [0.4, 0.5) is 0 Å². The maximum Gasteiger partial charge on any atom is 0.276 e. The number of methoxy groups -OCH3 is 2. The topological polar surface area (TPSA) is 81.9 Å². The average Bonchev–Trinajstić information content (AvgIpc) is 2.76. The van der Waals surface area contributed by atoms with Gasteiger partial charge < -0.3 is 14.0 Å². The Kier molecular flexibility index (Phi) is 6.87. The molecule has 7 nitrogen and oxygen atoms in total. The molecule has 0 radical (unpaired) electrons. The van der Waals surface area contributed by atoms with Crippen LogP contribution in [-0.2, 0) is 6.54 Å². The lowest BCUT2D eigenvalue weighted by Gasteiger charge is -2.08. The molecule has 0 saturated carbocycles. The molecule has 0 spiro atoms. The number of aromatic nitrogens is 1. The van der Waals surface area contributed by atoms with Gasteiger partial charge in [-0.1, -0.05) is 23.7 Å². The molecule has 8 heteroatoms. The highest BCUT2D eigenvalue weighted by Crippen LogP contribution is 2.26. The SMILES string of the molecule is COc1ccc(/C=N\NC(=O)c2cccn(Cc3ccc(Cl)cc3)c2=O)cc1OC. The first-order chi connectivity index (χ1) is 14.5. The normalized spacial score (nSPS) is 10.8. The highest BCUT2D eigenvalue weighted by molar-refractivity contribution is 6.30. The Labute approximate surface area is 178 Å². The lowest BCUT2D eigenvalue weighted by atomic mass is 10.2. The molecular formula is C22H20ClN3O4. The minimum absolute atomic E-state index is 0.00377. The average molecular weight is 426 g/mol. The van der Waals surface area contributed by atoms with Gasteiger partial charge in [-0.25, -0.2) is 5.43 Å². The van der Waals surface area contributed by atoms with Crippen molar-refractivity contribution in [1.29, 1.82) is 0 Å². The summed E-state index contributed by atoms with van der Waals surface area (Å²) in [6.45, 7) is 0.325. The van der Waals surface area contributed by atoms with Crippen LogP contribution in [0.15, 0.2) is 70.7 Å². The molecule has 3 aromatic rings. The van der Waals surface area contributed by atoms with Crippen molar-refractivity contribution in [2.45, 2.75) is 6.54 Å². The molecule has 2 aromatic carbocycles. The van der Waals surface area contributed by atoms with Crippen molar-refractivity contribution in [3.05, 3.63) is 92.9 Å². The second-order valence-electron chi connectivity index (χ2n) is 6.29. The predicted molar refractivity (Wildman–Crippen MR) is 116 cm³/mol. The van der Waals surface area contributed by atoms with Gasteiger partial charge in [-0.3, -0.25) is 9.59 Å². The largest absolute Gasteiger partial charge is 0.493 e. The van der Waals surface area contributed by atoms with Gasteiger partial charge >= 0.3 is 0 Å². The van der Waals surface area contributed by atoms with Gasteiger partial charge in [0.15, 0.2) is 11.5 Å². The van der Waals surface area contributed by atoms with Gasteiger partial charge in [0.2, 0.25) is 0 Å². The Morgan fingerprint density at radius 1 is 1.10 bits per heavy atom. The van der Waals surface area contributed by atoms with Gasteiger partial charge in [0.25, 0.3) is 11.5 Å². The Bertz CT molecular complexity index is 1120. The van der Waals surface area contributed by atoms with Crippen LogP contribution in [0.5, 0.6) is 11.5 Å². The van der Waals surface area contributed by atoms with E-state index in [4.69, 9.17) is 21.1 Å². The molecular weight excluding hydrogens is 406 g/mol. The van der Waals surface area contributed by atoms with E-state index in [9.17, 15) is 9.59 Å². The summed E-state index contributed by atoms with van der Waals surface area (Å²) in [5, 5.41) is 4.55. The monoisotopic (exact) mass is 425 g/mol. The van der Waals surface area contributed by atoms with E-state index in [1.54, 1.807) is 49.7 Å². The number of nitrogens with one attached hydrogen (secondary N) is 1. The number of ether oxygens (including phenoxy) is 2. The van der Waals surface area contributed by atoms with Gasteiger partial charge in [0, 0.05) is 11.2 Å². The zero-order valence-electron chi connectivity index (χ0n) is 16.5. The maximum atomic E-state index is 12.7. The Hall–Kier alpha value is -3.58. The van der Waals surface area contributed by atoms with Gasteiger partial charge in [-0.15, -0.1) is 0 Å². The van der Waals surface area contributed by atoms with Crippen molar-refractivity contribution in [3.8, 4) is 11.5 Å². The summed E-state index contributed by atoms with van der Waals surface area (Å²) >= 11 is 5.89. The molecule has 1 N–H and O–H groups in total. The fourth-order valence-corrected chi connectivity index (χ4v) is 2.91. The van der Waals surface area contributed by atoms with Crippen molar-refractivity contribution >= 4 is 23.7 Å². The molecule has 0 aliphatic carbocycles.